The van der Waals surface area contributed by atoms with Gasteiger partial charge in [0.05, 0.1) is 6.42 Å². The lowest BCUT2D eigenvalue weighted by atomic mass is 10.1. The van der Waals surface area contributed by atoms with E-state index < -0.39 is 10.0 Å². The molecule has 1 aromatic carbocycles. The minimum absolute atomic E-state index is 0.0144. The monoisotopic (exact) mass is 318 g/mol. The number of likely N-dealkylation sites (N-methyl/N-ethyl adjacent to an activating group) is 1. The Morgan fingerprint density at radius 1 is 1.47 bits per heavy atom. The summed E-state index contributed by atoms with van der Waals surface area (Å²) in [5.74, 6) is 0.0144. The molecule has 0 aliphatic carbocycles. The Balaban J connectivity index is 2.31. The molecule has 1 heterocycles. The van der Waals surface area contributed by atoms with Gasteiger partial charge in [0.15, 0.2) is 0 Å². The molecule has 1 amide bonds. The Hall–Kier alpha value is -1.08. The van der Waals surface area contributed by atoms with Crippen LogP contribution in [-0.4, -0.2) is 26.0 Å². The molecule has 0 saturated carbocycles. The molecule has 0 saturated heterocycles. The third kappa shape index (κ3) is 2.44. The summed E-state index contributed by atoms with van der Waals surface area (Å²) in [5.41, 5.74) is 2.15. The van der Waals surface area contributed by atoms with Crippen molar-refractivity contribution in [1.29, 1.82) is 0 Å². The Kier molecular flexibility index (Phi) is 3.13. The number of carbonyl (C=O) groups excluding carboxylic acids is 1. The Morgan fingerprint density at radius 3 is 2.82 bits per heavy atom. The molecule has 92 valence electrons. The van der Waals surface area contributed by atoms with E-state index in [0.29, 0.717) is 12.1 Å². The highest BCUT2D eigenvalue weighted by Gasteiger charge is 2.24. The van der Waals surface area contributed by atoms with Crippen LogP contribution in [0, 0.1) is 0 Å². The van der Waals surface area contributed by atoms with Crippen LogP contribution in [0.2, 0.25) is 0 Å². The van der Waals surface area contributed by atoms with Crippen LogP contribution in [0.5, 0.6) is 0 Å². The van der Waals surface area contributed by atoms with E-state index in [2.05, 4.69) is 20.7 Å². The number of hydrogen-bond donors (Lipinski definition) is 1. The summed E-state index contributed by atoms with van der Waals surface area (Å²) in [4.78, 5) is 13.0. The number of halogens is 1. The van der Waals surface area contributed by atoms with E-state index in [9.17, 15) is 13.2 Å². The van der Waals surface area contributed by atoms with Gasteiger partial charge in [-0.2, -0.15) is 0 Å². The van der Waals surface area contributed by atoms with Crippen molar-refractivity contribution in [3.8, 4) is 0 Å². The molecule has 2 rings (SSSR count). The summed E-state index contributed by atoms with van der Waals surface area (Å²) >= 11 is 2.90. The van der Waals surface area contributed by atoms with E-state index in [1.165, 1.54) is 0 Å². The van der Waals surface area contributed by atoms with Gasteiger partial charge in [-0.15, -0.1) is 0 Å². The van der Waals surface area contributed by atoms with Crippen molar-refractivity contribution in [2.45, 2.75) is 6.42 Å². The van der Waals surface area contributed by atoms with E-state index in [1.54, 1.807) is 30.1 Å². The van der Waals surface area contributed by atoms with Gasteiger partial charge in [0.1, 0.15) is 4.66 Å². The first-order valence-electron chi connectivity index (χ1n) is 4.89. The summed E-state index contributed by atoms with van der Waals surface area (Å²) in [5, 5.41) is 0. The standard InChI is InChI=1S/C10H11BrN2O3S/c1-13-9-3-2-8(12-17(15,16)6-11)4-7(9)5-10(13)14/h2-4,12H,5-6H2,1H3. The molecule has 0 atom stereocenters. The number of sulfonamides is 1. The van der Waals surface area contributed by atoms with Crippen LogP contribution < -0.4 is 9.62 Å². The second kappa shape index (κ2) is 4.30. The second-order valence-corrected chi connectivity index (χ2v) is 6.82. The lowest BCUT2D eigenvalue weighted by molar-refractivity contribution is -0.117. The van der Waals surface area contributed by atoms with Crippen LogP contribution in [0.3, 0.4) is 0 Å². The average Bonchev–Trinajstić information content (AvgIpc) is 2.54. The molecule has 0 radical (unpaired) electrons. The number of nitrogens with zero attached hydrogens (tertiary/aromatic N) is 1. The van der Waals surface area contributed by atoms with Crippen molar-refractivity contribution in [2.24, 2.45) is 0 Å². The molecule has 1 N–H and O–H groups in total. The number of benzene rings is 1. The number of fused-ring (bicyclic) bond motifs is 1. The van der Waals surface area contributed by atoms with E-state index in [4.69, 9.17) is 0 Å². The van der Waals surface area contributed by atoms with Crippen LogP contribution >= 0.6 is 15.9 Å². The molecule has 5 nitrogen and oxygen atoms in total. The number of anilines is 2. The number of hydrogen-bond acceptors (Lipinski definition) is 3. The van der Waals surface area contributed by atoms with E-state index in [0.717, 1.165) is 11.3 Å². The summed E-state index contributed by atoms with van der Waals surface area (Å²) in [6.07, 6.45) is 0.315. The zero-order valence-corrected chi connectivity index (χ0v) is 11.5. The van der Waals surface area contributed by atoms with Crippen molar-refractivity contribution in [2.75, 3.05) is 21.3 Å². The van der Waals surface area contributed by atoms with Crippen molar-refractivity contribution in [1.82, 2.24) is 0 Å². The summed E-state index contributed by atoms with van der Waals surface area (Å²) < 4.78 is 25.0. The second-order valence-electron chi connectivity index (χ2n) is 3.80. The minimum Gasteiger partial charge on any atom is -0.315 e. The predicted molar refractivity (Wildman–Crippen MR) is 69.9 cm³/mol. The molecule has 1 aliphatic rings. The molecule has 7 heteroatoms. The van der Waals surface area contributed by atoms with Crippen molar-refractivity contribution in [3.63, 3.8) is 0 Å². The van der Waals surface area contributed by atoms with Crippen molar-refractivity contribution >= 4 is 43.2 Å². The molecular weight excluding hydrogens is 308 g/mol. The van der Waals surface area contributed by atoms with Gasteiger partial charge in [0.25, 0.3) is 0 Å². The maximum absolute atomic E-state index is 11.5. The van der Waals surface area contributed by atoms with E-state index in [1.807, 2.05) is 0 Å². The molecule has 1 aromatic rings. The molecule has 17 heavy (non-hydrogen) atoms. The van der Waals surface area contributed by atoms with Gasteiger partial charge >= 0.3 is 0 Å². The van der Waals surface area contributed by atoms with Gasteiger partial charge in [-0.3, -0.25) is 9.52 Å². The smallest absolute Gasteiger partial charge is 0.242 e. The highest BCUT2D eigenvalue weighted by molar-refractivity contribution is 9.10. The third-order valence-corrected chi connectivity index (χ3v) is 5.22. The van der Waals surface area contributed by atoms with Crippen molar-refractivity contribution in [3.05, 3.63) is 23.8 Å². The lowest BCUT2D eigenvalue weighted by Gasteiger charge is -2.11. The topological polar surface area (TPSA) is 66.5 Å². The number of nitrogens with one attached hydrogen (secondary N) is 1. The number of amides is 1. The average molecular weight is 319 g/mol. The molecule has 0 fully saturated rings. The van der Waals surface area contributed by atoms with Crippen molar-refractivity contribution < 1.29 is 13.2 Å². The first-order valence-corrected chi connectivity index (χ1v) is 7.66. The minimum atomic E-state index is -3.35. The molecule has 0 aromatic heterocycles. The third-order valence-electron chi connectivity index (χ3n) is 2.57. The SMILES string of the molecule is CN1C(=O)Cc2cc(NS(=O)(=O)CBr)ccc21. The fraction of sp³-hybridized carbons (Fsp3) is 0.300. The van der Waals surface area contributed by atoms with Crippen LogP contribution in [0.1, 0.15) is 5.56 Å². The quantitative estimate of drug-likeness (QED) is 0.854. The maximum atomic E-state index is 11.5. The number of carbonyl (C=O) groups is 1. The van der Waals surface area contributed by atoms with Gasteiger partial charge in [-0.1, -0.05) is 15.9 Å². The maximum Gasteiger partial charge on any atom is 0.242 e. The normalized spacial score (nSPS) is 14.9. The lowest BCUT2D eigenvalue weighted by Crippen LogP contribution is -2.20. The summed E-state index contributed by atoms with van der Waals surface area (Å²) in [7, 11) is -1.64. The van der Waals surface area contributed by atoms with E-state index >= 15 is 0 Å². The van der Waals surface area contributed by atoms with Crippen LogP contribution in [-0.2, 0) is 21.2 Å². The highest BCUT2D eigenvalue weighted by atomic mass is 79.9. The molecule has 0 bridgehead atoms. The van der Waals surface area contributed by atoms with Gasteiger partial charge in [-0.25, -0.2) is 8.42 Å². The molecule has 0 unspecified atom stereocenters. The van der Waals surface area contributed by atoms with E-state index in [-0.39, 0.29) is 10.6 Å². The van der Waals surface area contributed by atoms with Crippen LogP contribution in [0.4, 0.5) is 11.4 Å². The largest absolute Gasteiger partial charge is 0.315 e. The summed E-state index contributed by atoms with van der Waals surface area (Å²) in [6, 6.07) is 5.08. The Bertz CT molecular complexity index is 571. The van der Waals surface area contributed by atoms with Gasteiger partial charge in [-0.05, 0) is 23.8 Å². The highest BCUT2D eigenvalue weighted by Crippen LogP contribution is 2.30. The molecule has 0 spiro atoms. The number of alkyl halides is 1. The zero-order chi connectivity index (χ0) is 12.6. The Labute approximate surface area is 108 Å². The Morgan fingerprint density at radius 2 is 2.18 bits per heavy atom. The molecule has 1 aliphatic heterocycles. The van der Waals surface area contributed by atoms with Gasteiger partial charge in [0.2, 0.25) is 15.9 Å². The predicted octanol–water partition coefficient (Wildman–Crippen LogP) is 1.30. The fourth-order valence-electron chi connectivity index (χ4n) is 1.74. The van der Waals surface area contributed by atoms with Gasteiger partial charge in [0, 0.05) is 18.4 Å². The summed E-state index contributed by atoms with van der Waals surface area (Å²) in [6.45, 7) is 0. The molecular formula is C10H11BrN2O3S. The first-order chi connectivity index (χ1) is 7.93. The number of rotatable bonds is 3. The first kappa shape index (κ1) is 12.4. The van der Waals surface area contributed by atoms with Gasteiger partial charge < -0.3 is 4.90 Å². The van der Waals surface area contributed by atoms with Crippen LogP contribution in [0.25, 0.3) is 0 Å². The van der Waals surface area contributed by atoms with Crippen LogP contribution in [0.15, 0.2) is 18.2 Å². The fourth-order valence-corrected chi connectivity index (χ4v) is 2.62. The zero-order valence-electron chi connectivity index (χ0n) is 9.10.